The van der Waals surface area contributed by atoms with Gasteiger partial charge < -0.3 is 10.8 Å². The number of anilines is 1. The van der Waals surface area contributed by atoms with E-state index in [1.807, 2.05) is 61.7 Å². The van der Waals surface area contributed by atoms with Crippen LogP contribution in [0.15, 0.2) is 54.7 Å². The van der Waals surface area contributed by atoms with E-state index in [0.29, 0.717) is 24.5 Å². The number of carboxylic acid groups (broad SMARTS) is 1. The molecule has 10 heteroatoms. The predicted molar refractivity (Wildman–Crippen MR) is 139 cm³/mol. The van der Waals surface area contributed by atoms with Gasteiger partial charge >= 0.3 is 5.97 Å². The molecule has 1 aromatic carbocycles. The molecular formula is C27H30N8O2. The van der Waals surface area contributed by atoms with Crippen molar-refractivity contribution in [2.24, 2.45) is 5.92 Å². The van der Waals surface area contributed by atoms with Gasteiger partial charge in [-0.1, -0.05) is 35.0 Å². The average Bonchev–Trinajstić information content (AvgIpc) is 3.36. The maximum atomic E-state index is 11.5. The normalized spacial score (nSPS) is 17.0. The van der Waals surface area contributed by atoms with Crippen LogP contribution >= 0.6 is 0 Å². The number of aromatic nitrogens is 6. The van der Waals surface area contributed by atoms with Crippen molar-refractivity contribution in [3.8, 4) is 22.6 Å². The molecule has 3 N–H and O–H groups in total. The van der Waals surface area contributed by atoms with Crippen LogP contribution in [0.4, 0.5) is 5.95 Å². The molecule has 1 fully saturated rings. The number of rotatable bonds is 7. The predicted octanol–water partition coefficient (Wildman–Crippen LogP) is 3.59. The van der Waals surface area contributed by atoms with Gasteiger partial charge in [0, 0.05) is 18.2 Å². The number of nitrogens with two attached hydrogens (primary N) is 1. The molecule has 0 radical (unpaired) electrons. The molecule has 10 nitrogen and oxygen atoms in total. The summed E-state index contributed by atoms with van der Waals surface area (Å²) >= 11 is 0. The van der Waals surface area contributed by atoms with Crippen LogP contribution in [0, 0.1) is 12.8 Å². The van der Waals surface area contributed by atoms with Gasteiger partial charge in [-0.05, 0) is 57.5 Å². The van der Waals surface area contributed by atoms with Gasteiger partial charge in [0.05, 0.1) is 41.4 Å². The SMILES string of the molecule is Cc1cccc(-c2cc(-c3cn(Cc4cccc([C@@H](C)N5CCC[C@H](C(=O)O)C5)n4)nn3)nc(N)n2)c1. The van der Waals surface area contributed by atoms with E-state index in [0.717, 1.165) is 47.6 Å². The number of hydrogen-bond acceptors (Lipinski definition) is 8. The number of aliphatic carboxylic acids is 1. The molecule has 1 aliphatic heterocycles. The molecule has 1 aliphatic rings. The zero-order valence-corrected chi connectivity index (χ0v) is 20.9. The van der Waals surface area contributed by atoms with Crippen molar-refractivity contribution in [1.29, 1.82) is 0 Å². The molecule has 5 rings (SSSR count). The molecular weight excluding hydrogens is 468 g/mol. The highest BCUT2D eigenvalue weighted by Gasteiger charge is 2.29. The highest BCUT2D eigenvalue weighted by atomic mass is 16.4. The summed E-state index contributed by atoms with van der Waals surface area (Å²) in [5.41, 5.74) is 11.8. The van der Waals surface area contributed by atoms with Crippen LogP contribution < -0.4 is 5.73 Å². The zero-order chi connectivity index (χ0) is 25.9. The lowest BCUT2D eigenvalue weighted by Crippen LogP contribution is -2.40. The lowest BCUT2D eigenvalue weighted by molar-refractivity contribution is -0.143. The third-order valence-electron chi connectivity index (χ3n) is 6.79. The molecule has 190 valence electrons. The first-order chi connectivity index (χ1) is 17.9. The van der Waals surface area contributed by atoms with Gasteiger partial charge in [0.1, 0.15) is 5.69 Å². The van der Waals surface area contributed by atoms with Crippen LogP contribution in [-0.4, -0.2) is 59.0 Å². The fraction of sp³-hybridized carbons (Fsp3) is 0.333. The standard InChI is InChI=1S/C27H30N8O2/c1-17-6-3-7-19(12-17)23-13-24(31-27(28)30-23)25-16-35(33-32-25)15-21-9-4-10-22(29-21)18(2)34-11-5-8-20(14-34)26(36)37/h3-4,6-7,9-10,12-13,16,18,20H,5,8,11,14-15H2,1-2H3,(H,36,37)(H2,28,30,31)/t18-,20+/m1/s1. The molecule has 1 saturated heterocycles. The monoisotopic (exact) mass is 498 g/mol. The van der Waals surface area contributed by atoms with Crippen LogP contribution in [0.3, 0.4) is 0 Å². The zero-order valence-electron chi connectivity index (χ0n) is 20.9. The number of nitrogen functional groups attached to an aromatic ring is 1. The van der Waals surface area contributed by atoms with Crippen molar-refractivity contribution in [2.45, 2.75) is 39.3 Å². The van der Waals surface area contributed by atoms with E-state index in [1.165, 1.54) is 0 Å². The summed E-state index contributed by atoms with van der Waals surface area (Å²) in [5, 5.41) is 18.0. The summed E-state index contributed by atoms with van der Waals surface area (Å²) in [6.07, 6.45) is 3.43. The molecule has 0 saturated carbocycles. The fourth-order valence-corrected chi connectivity index (χ4v) is 4.77. The highest BCUT2D eigenvalue weighted by Crippen LogP contribution is 2.27. The summed E-state index contributed by atoms with van der Waals surface area (Å²) in [6, 6.07) is 15.9. The fourth-order valence-electron chi connectivity index (χ4n) is 4.77. The molecule has 0 bridgehead atoms. The Balaban J connectivity index is 1.32. The number of benzene rings is 1. The van der Waals surface area contributed by atoms with E-state index in [9.17, 15) is 9.90 Å². The smallest absolute Gasteiger partial charge is 0.307 e. The summed E-state index contributed by atoms with van der Waals surface area (Å²) in [5.74, 6) is -0.873. The molecule has 0 aliphatic carbocycles. The van der Waals surface area contributed by atoms with E-state index < -0.39 is 5.97 Å². The Morgan fingerprint density at radius 3 is 2.73 bits per heavy atom. The Morgan fingerprint density at radius 2 is 1.92 bits per heavy atom. The lowest BCUT2D eigenvalue weighted by atomic mass is 9.96. The number of piperidine rings is 1. The van der Waals surface area contributed by atoms with Gasteiger partial charge in [0.25, 0.3) is 0 Å². The number of carboxylic acids is 1. The summed E-state index contributed by atoms with van der Waals surface area (Å²) in [6.45, 7) is 5.97. The van der Waals surface area contributed by atoms with Crippen molar-refractivity contribution in [3.05, 3.63) is 71.7 Å². The van der Waals surface area contributed by atoms with Gasteiger partial charge in [-0.15, -0.1) is 5.10 Å². The number of hydrogen-bond donors (Lipinski definition) is 2. The van der Waals surface area contributed by atoms with Crippen molar-refractivity contribution in [3.63, 3.8) is 0 Å². The van der Waals surface area contributed by atoms with Gasteiger partial charge in [0.2, 0.25) is 5.95 Å². The Morgan fingerprint density at radius 1 is 1.11 bits per heavy atom. The first-order valence-corrected chi connectivity index (χ1v) is 12.4. The van der Waals surface area contributed by atoms with E-state index >= 15 is 0 Å². The first kappa shape index (κ1) is 24.5. The highest BCUT2D eigenvalue weighted by molar-refractivity contribution is 5.70. The van der Waals surface area contributed by atoms with Crippen molar-refractivity contribution in [2.75, 3.05) is 18.8 Å². The third-order valence-corrected chi connectivity index (χ3v) is 6.79. The number of aryl methyl sites for hydroxylation is 1. The minimum atomic E-state index is -0.725. The second kappa shape index (κ2) is 10.4. The topological polar surface area (TPSA) is 136 Å². The lowest BCUT2D eigenvalue weighted by Gasteiger charge is -2.35. The van der Waals surface area contributed by atoms with Gasteiger partial charge in [0.15, 0.2) is 0 Å². The molecule has 2 atom stereocenters. The van der Waals surface area contributed by atoms with Crippen LogP contribution in [0.2, 0.25) is 0 Å². The number of pyridine rings is 1. The van der Waals surface area contributed by atoms with Crippen molar-refractivity contribution < 1.29 is 9.90 Å². The Hall–Kier alpha value is -4.18. The maximum Gasteiger partial charge on any atom is 0.307 e. The summed E-state index contributed by atoms with van der Waals surface area (Å²) < 4.78 is 1.72. The average molecular weight is 499 g/mol. The summed E-state index contributed by atoms with van der Waals surface area (Å²) in [7, 11) is 0. The molecule has 37 heavy (non-hydrogen) atoms. The van der Waals surface area contributed by atoms with E-state index in [4.69, 9.17) is 10.7 Å². The number of nitrogens with zero attached hydrogens (tertiary/aromatic N) is 7. The Labute approximate surface area is 215 Å². The van der Waals surface area contributed by atoms with Gasteiger partial charge in [-0.2, -0.15) is 0 Å². The summed E-state index contributed by atoms with van der Waals surface area (Å²) in [4.78, 5) is 27.3. The number of likely N-dealkylation sites (tertiary alicyclic amines) is 1. The van der Waals surface area contributed by atoms with E-state index in [1.54, 1.807) is 4.68 Å². The number of carbonyl (C=O) groups is 1. The third kappa shape index (κ3) is 5.64. The first-order valence-electron chi connectivity index (χ1n) is 12.4. The van der Waals surface area contributed by atoms with Crippen molar-refractivity contribution in [1.82, 2.24) is 34.8 Å². The molecule has 0 spiro atoms. The molecule has 4 aromatic rings. The van der Waals surface area contributed by atoms with Gasteiger partial charge in [-0.25, -0.2) is 14.6 Å². The quantitative estimate of drug-likeness (QED) is 0.392. The molecule has 0 unspecified atom stereocenters. The van der Waals surface area contributed by atoms with Crippen LogP contribution in [0.25, 0.3) is 22.6 Å². The van der Waals surface area contributed by atoms with Crippen molar-refractivity contribution >= 4 is 11.9 Å². The molecule has 3 aromatic heterocycles. The molecule has 0 amide bonds. The minimum Gasteiger partial charge on any atom is -0.481 e. The molecule has 4 heterocycles. The Bertz CT molecular complexity index is 1420. The van der Waals surface area contributed by atoms with Crippen LogP contribution in [0.1, 0.15) is 42.8 Å². The van der Waals surface area contributed by atoms with Crippen LogP contribution in [0.5, 0.6) is 0 Å². The largest absolute Gasteiger partial charge is 0.481 e. The minimum absolute atomic E-state index is 0.0254. The Kier molecular flexibility index (Phi) is 6.91. The van der Waals surface area contributed by atoms with Gasteiger partial charge in [-0.3, -0.25) is 14.7 Å². The van der Waals surface area contributed by atoms with Crippen LogP contribution in [-0.2, 0) is 11.3 Å². The second-order valence-corrected chi connectivity index (χ2v) is 9.57. The second-order valence-electron chi connectivity index (χ2n) is 9.57. The van der Waals surface area contributed by atoms with E-state index in [-0.39, 0.29) is 17.9 Å². The maximum absolute atomic E-state index is 11.5. The van der Waals surface area contributed by atoms with E-state index in [2.05, 4.69) is 32.1 Å².